The van der Waals surface area contributed by atoms with E-state index in [1.54, 1.807) is 0 Å². The molecule has 1 aromatic carbocycles. The van der Waals surface area contributed by atoms with Gasteiger partial charge in [-0.15, -0.1) is 11.3 Å². The van der Waals surface area contributed by atoms with Crippen LogP contribution in [0.4, 0.5) is 5.00 Å². The highest BCUT2D eigenvalue weighted by atomic mass is 32.1. The Hall–Kier alpha value is -2.93. The molecule has 1 aromatic heterocycles. The lowest BCUT2D eigenvalue weighted by molar-refractivity contribution is -0.146. The Kier molecular flexibility index (Phi) is 5.96. The van der Waals surface area contributed by atoms with Gasteiger partial charge >= 0.3 is 5.97 Å². The van der Waals surface area contributed by atoms with Crippen LogP contribution in [-0.4, -0.2) is 28.9 Å². The summed E-state index contributed by atoms with van der Waals surface area (Å²) in [5, 5.41) is 17.9. The van der Waals surface area contributed by atoms with Gasteiger partial charge in [0.1, 0.15) is 5.00 Å². The van der Waals surface area contributed by atoms with Crippen molar-refractivity contribution in [1.29, 1.82) is 0 Å². The molecule has 31 heavy (non-hydrogen) atoms. The number of rotatable bonds is 6. The van der Waals surface area contributed by atoms with Crippen LogP contribution in [0.2, 0.25) is 0 Å². The summed E-state index contributed by atoms with van der Waals surface area (Å²) in [5.41, 5.74) is 4.20. The van der Waals surface area contributed by atoms with Gasteiger partial charge < -0.3 is 15.7 Å². The molecule has 7 heteroatoms. The Morgan fingerprint density at radius 1 is 1.00 bits per heavy atom. The predicted molar refractivity (Wildman–Crippen MR) is 121 cm³/mol. The van der Waals surface area contributed by atoms with Crippen molar-refractivity contribution in [3.63, 3.8) is 0 Å². The molecule has 1 saturated carbocycles. The summed E-state index contributed by atoms with van der Waals surface area (Å²) in [6, 6.07) is 9.77. The van der Waals surface area contributed by atoms with Gasteiger partial charge in [0.25, 0.3) is 5.91 Å². The smallest absolute Gasteiger partial charge is 0.307 e. The van der Waals surface area contributed by atoms with Crippen LogP contribution in [0.3, 0.4) is 0 Å². The molecule has 2 aliphatic carbocycles. The number of carbonyl (C=O) groups is 3. The summed E-state index contributed by atoms with van der Waals surface area (Å²) in [7, 11) is 0. The van der Waals surface area contributed by atoms with Gasteiger partial charge in [0, 0.05) is 17.0 Å². The molecule has 2 amide bonds. The lowest BCUT2D eigenvalue weighted by Gasteiger charge is -2.29. The van der Waals surface area contributed by atoms with E-state index in [1.807, 2.05) is 49.6 Å². The molecule has 3 N–H and O–H groups in total. The molecule has 0 bridgehead atoms. The van der Waals surface area contributed by atoms with Crippen molar-refractivity contribution in [2.45, 2.75) is 45.6 Å². The first-order chi connectivity index (χ1) is 14.8. The number of thiophene rings is 1. The van der Waals surface area contributed by atoms with Crippen LogP contribution in [0.1, 0.15) is 49.9 Å². The van der Waals surface area contributed by atoms with Gasteiger partial charge in [-0.05, 0) is 45.1 Å². The van der Waals surface area contributed by atoms with Gasteiger partial charge in [-0.1, -0.05) is 41.5 Å². The van der Waals surface area contributed by atoms with Gasteiger partial charge in [-0.3, -0.25) is 14.4 Å². The minimum atomic E-state index is -0.963. The van der Waals surface area contributed by atoms with Crippen LogP contribution in [0.5, 0.6) is 0 Å². The molecule has 2 atom stereocenters. The maximum absolute atomic E-state index is 13.2. The van der Waals surface area contributed by atoms with Crippen LogP contribution >= 0.6 is 11.3 Å². The highest BCUT2D eigenvalue weighted by Crippen LogP contribution is 2.39. The van der Waals surface area contributed by atoms with Crippen LogP contribution in [0, 0.1) is 11.8 Å². The van der Waals surface area contributed by atoms with Crippen LogP contribution < -0.4 is 10.6 Å². The molecule has 1 heterocycles. The number of carboxylic acid groups (broad SMARTS) is 1. The van der Waals surface area contributed by atoms with Crippen molar-refractivity contribution in [3.05, 3.63) is 52.4 Å². The fourth-order valence-electron chi connectivity index (χ4n) is 4.02. The molecule has 0 radical (unpaired) electrons. The molecule has 0 aliphatic heterocycles. The SMILES string of the molecule is CC1=C(C)CC(C(=O)Nc2scc(-c3ccccc3)c2C(=O)NC2CC2)C(C(=O)O)C1. The third kappa shape index (κ3) is 4.56. The Morgan fingerprint density at radius 3 is 2.26 bits per heavy atom. The van der Waals surface area contributed by atoms with Crippen LogP contribution in [-0.2, 0) is 9.59 Å². The zero-order chi connectivity index (χ0) is 22.1. The summed E-state index contributed by atoms with van der Waals surface area (Å²) in [6.07, 6.45) is 2.71. The van der Waals surface area contributed by atoms with Gasteiger partial charge in [0.2, 0.25) is 5.91 Å². The van der Waals surface area contributed by atoms with Gasteiger partial charge in [0.05, 0.1) is 17.4 Å². The highest BCUT2D eigenvalue weighted by molar-refractivity contribution is 7.15. The molecular weight excluding hydrogens is 412 g/mol. The second kappa shape index (κ2) is 8.67. The second-order valence-electron chi connectivity index (χ2n) is 8.48. The topological polar surface area (TPSA) is 95.5 Å². The van der Waals surface area contributed by atoms with E-state index < -0.39 is 17.8 Å². The number of allylic oxidation sites excluding steroid dienone is 2. The maximum Gasteiger partial charge on any atom is 0.307 e. The number of hydrogen-bond acceptors (Lipinski definition) is 4. The fraction of sp³-hybridized carbons (Fsp3) is 0.375. The number of carbonyl (C=O) groups excluding carboxylic acids is 2. The molecule has 0 saturated heterocycles. The first kappa shape index (κ1) is 21.3. The summed E-state index contributed by atoms with van der Waals surface area (Å²) in [6.45, 7) is 3.87. The van der Waals surface area contributed by atoms with Gasteiger partial charge in [0.15, 0.2) is 0 Å². The van der Waals surface area contributed by atoms with Gasteiger partial charge in [-0.2, -0.15) is 0 Å². The Labute approximate surface area is 185 Å². The van der Waals surface area contributed by atoms with Crippen molar-refractivity contribution >= 4 is 34.1 Å². The predicted octanol–water partition coefficient (Wildman–Crippen LogP) is 4.69. The minimum Gasteiger partial charge on any atom is -0.481 e. The first-order valence-electron chi connectivity index (χ1n) is 10.5. The molecule has 162 valence electrons. The highest BCUT2D eigenvalue weighted by Gasteiger charge is 2.38. The maximum atomic E-state index is 13.2. The van der Waals surface area contributed by atoms with Crippen molar-refractivity contribution < 1.29 is 19.5 Å². The number of nitrogens with one attached hydrogen (secondary N) is 2. The normalized spacial score (nSPS) is 21.0. The van der Waals surface area contributed by atoms with Gasteiger partial charge in [-0.25, -0.2) is 0 Å². The standard InChI is InChI=1S/C24H26N2O4S/c1-13-10-17(18(24(29)30)11-14(13)2)21(27)26-23-20(22(28)25-16-8-9-16)19(12-31-23)15-6-4-3-5-7-15/h3-7,12,16-18H,8-11H2,1-2H3,(H,25,28)(H,26,27)(H,29,30). The number of aliphatic carboxylic acids is 1. The number of hydrogen-bond donors (Lipinski definition) is 3. The summed E-state index contributed by atoms with van der Waals surface area (Å²) < 4.78 is 0. The number of amides is 2. The average Bonchev–Trinajstić information content (AvgIpc) is 3.46. The lowest BCUT2D eigenvalue weighted by Crippen LogP contribution is -2.36. The monoisotopic (exact) mass is 438 g/mol. The zero-order valence-electron chi connectivity index (χ0n) is 17.6. The molecule has 1 fully saturated rings. The van der Waals surface area contributed by atoms with E-state index in [2.05, 4.69) is 10.6 Å². The second-order valence-corrected chi connectivity index (χ2v) is 9.36. The largest absolute Gasteiger partial charge is 0.481 e. The van der Waals surface area contributed by atoms with E-state index in [1.165, 1.54) is 11.3 Å². The van der Waals surface area contributed by atoms with Crippen LogP contribution in [0.15, 0.2) is 46.9 Å². The summed E-state index contributed by atoms with van der Waals surface area (Å²) in [5.74, 6) is -2.94. The summed E-state index contributed by atoms with van der Waals surface area (Å²) >= 11 is 1.30. The molecule has 2 aromatic rings. The van der Waals surface area contributed by atoms with E-state index in [-0.39, 0.29) is 17.9 Å². The molecule has 4 rings (SSSR count). The Bertz CT molecular complexity index is 1050. The first-order valence-corrected chi connectivity index (χ1v) is 11.4. The average molecular weight is 439 g/mol. The third-order valence-corrected chi connectivity index (χ3v) is 7.07. The minimum absolute atomic E-state index is 0.185. The quantitative estimate of drug-likeness (QED) is 0.570. The van der Waals surface area contributed by atoms with E-state index >= 15 is 0 Å². The Morgan fingerprint density at radius 2 is 1.65 bits per heavy atom. The lowest BCUT2D eigenvalue weighted by atomic mass is 9.76. The fourth-order valence-corrected chi connectivity index (χ4v) is 4.99. The van der Waals surface area contributed by atoms with E-state index in [4.69, 9.17) is 0 Å². The Balaban J connectivity index is 1.64. The van der Waals surface area contributed by atoms with Crippen molar-refractivity contribution in [2.24, 2.45) is 11.8 Å². The number of carboxylic acids is 1. The van der Waals surface area contributed by atoms with E-state index in [0.29, 0.717) is 23.4 Å². The molecule has 2 aliphatic rings. The molecule has 0 spiro atoms. The van der Waals surface area contributed by atoms with E-state index in [9.17, 15) is 19.5 Å². The third-order valence-electron chi connectivity index (χ3n) is 6.17. The molecule has 6 nitrogen and oxygen atoms in total. The number of benzene rings is 1. The van der Waals surface area contributed by atoms with Crippen molar-refractivity contribution in [2.75, 3.05) is 5.32 Å². The van der Waals surface area contributed by atoms with E-state index in [0.717, 1.165) is 35.1 Å². The summed E-state index contributed by atoms with van der Waals surface area (Å²) in [4.78, 5) is 38.0. The van der Waals surface area contributed by atoms with Crippen molar-refractivity contribution in [1.82, 2.24) is 5.32 Å². The van der Waals surface area contributed by atoms with Crippen molar-refractivity contribution in [3.8, 4) is 11.1 Å². The zero-order valence-corrected chi connectivity index (χ0v) is 18.4. The number of anilines is 1. The van der Waals surface area contributed by atoms with Crippen LogP contribution in [0.25, 0.3) is 11.1 Å². The molecule has 2 unspecified atom stereocenters. The molecular formula is C24H26N2O4S.